The summed E-state index contributed by atoms with van der Waals surface area (Å²) in [5.74, 6) is 1.16. The lowest BCUT2D eigenvalue weighted by atomic mass is 10.1. The van der Waals surface area contributed by atoms with Crippen LogP contribution in [0.25, 0.3) is 6.08 Å². The van der Waals surface area contributed by atoms with E-state index in [1.54, 1.807) is 29.2 Å². The first kappa shape index (κ1) is 18.1. The molecular weight excluding hydrogens is 383 g/mol. The van der Waals surface area contributed by atoms with Gasteiger partial charge in [-0.15, -0.1) is 0 Å². The smallest absolute Gasteiger partial charge is 0.282 e. The molecule has 5 rings (SSSR count). The van der Waals surface area contributed by atoms with Crippen LogP contribution in [-0.4, -0.2) is 18.5 Å². The van der Waals surface area contributed by atoms with E-state index in [0.717, 1.165) is 11.1 Å². The highest BCUT2D eigenvalue weighted by Gasteiger charge is 2.32. The van der Waals surface area contributed by atoms with Crippen molar-refractivity contribution in [3.05, 3.63) is 94.9 Å². The molecule has 0 N–H and O–H groups in total. The fourth-order valence-corrected chi connectivity index (χ4v) is 3.48. The Hall–Kier alpha value is -3.93. The van der Waals surface area contributed by atoms with E-state index in [-0.39, 0.29) is 24.2 Å². The van der Waals surface area contributed by atoms with Gasteiger partial charge < -0.3 is 9.47 Å². The van der Waals surface area contributed by atoms with Crippen molar-refractivity contribution in [1.29, 1.82) is 0 Å². The van der Waals surface area contributed by atoms with Crippen LogP contribution in [0.15, 0.2) is 77.4 Å². The average Bonchev–Trinajstić information content (AvgIpc) is 3.33. The third kappa shape index (κ3) is 3.22. The van der Waals surface area contributed by atoms with Gasteiger partial charge in [0.05, 0.1) is 5.69 Å². The number of amides is 1. The summed E-state index contributed by atoms with van der Waals surface area (Å²) >= 11 is 0. The number of amidine groups is 1. The van der Waals surface area contributed by atoms with Gasteiger partial charge in [-0.2, -0.15) is 0 Å². The highest BCUT2D eigenvalue weighted by molar-refractivity contribution is 6.33. The largest absolute Gasteiger partial charge is 0.454 e. The van der Waals surface area contributed by atoms with Crippen molar-refractivity contribution in [3.63, 3.8) is 0 Å². The first-order chi connectivity index (χ1) is 14.6. The second-order valence-electron chi connectivity index (χ2n) is 7.06. The van der Waals surface area contributed by atoms with Gasteiger partial charge in [0, 0.05) is 5.56 Å². The van der Waals surface area contributed by atoms with Gasteiger partial charge in [0.2, 0.25) is 6.79 Å². The number of aliphatic imine (C=N–C) groups is 1. The fourth-order valence-electron chi connectivity index (χ4n) is 3.48. The van der Waals surface area contributed by atoms with Crippen LogP contribution in [0.3, 0.4) is 0 Å². The molecule has 5 nitrogen and oxygen atoms in total. The van der Waals surface area contributed by atoms with E-state index < -0.39 is 0 Å². The molecule has 0 saturated heterocycles. The quantitative estimate of drug-likeness (QED) is 0.599. The Kier molecular flexibility index (Phi) is 4.32. The summed E-state index contributed by atoms with van der Waals surface area (Å²) in [5, 5.41) is 0. The summed E-state index contributed by atoms with van der Waals surface area (Å²) in [6, 6.07) is 19.0. The van der Waals surface area contributed by atoms with E-state index in [0.29, 0.717) is 28.6 Å². The van der Waals surface area contributed by atoms with Crippen LogP contribution in [0.5, 0.6) is 11.5 Å². The van der Waals surface area contributed by atoms with Crippen molar-refractivity contribution in [3.8, 4) is 11.5 Å². The summed E-state index contributed by atoms with van der Waals surface area (Å²) in [5.41, 5.74) is 3.44. The second kappa shape index (κ2) is 7.15. The van der Waals surface area contributed by atoms with Crippen LogP contribution < -0.4 is 14.4 Å². The molecule has 2 heterocycles. The summed E-state index contributed by atoms with van der Waals surface area (Å²) in [6.45, 7) is 2.14. The minimum absolute atomic E-state index is 0.183. The Labute approximate surface area is 172 Å². The van der Waals surface area contributed by atoms with Crippen LogP contribution in [0.4, 0.5) is 10.1 Å². The minimum Gasteiger partial charge on any atom is -0.454 e. The maximum atomic E-state index is 13.4. The molecule has 0 radical (unpaired) electrons. The summed E-state index contributed by atoms with van der Waals surface area (Å²) in [4.78, 5) is 19.5. The predicted octanol–water partition coefficient (Wildman–Crippen LogP) is 4.70. The summed E-state index contributed by atoms with van der Waals surface area (Å²) in [7, 11) is 0. The lowest BCUT2D eigenvalue weighted by Crippen LogP contribution is -2.32. The molecule has 0 fully saturated rings. The average molecular weight is 400 g/mol. The molecular formula is C24H17FN2O3. The molecule has 6 heteroatoms. The van der Waals surface area contributed by atoms with Crippen molar-refractivity contribution in [2.24, 2.45) is 4.99 Å². The topological polar surface area (TPSA) is 51.1 Å². The molecule has 3 aromatic rings. The zero-order valence-electron chi connectivity index (χ0n) is 16.1. The Bertz CT molecular complexity index is 1220. The molecule has 30 heavy (non-hydrogen) atoms. The number of anilines is 1. The molecule has 0 aliphatic carbocycles. The molecule has 0 unspecified atom stereocenters. The number of halogens is 1. The minimum atomic E-state index is -0.345. The number of fused-ring (bicyclic) bond motifs is 1. The van der Waals surface area contributed by atoms with Crippen molar-refractivity contribution in [1.82, 2.24) is 0 Å². The van der Waals surface area contributed by atoms with Crippen LogP contribution in [-0.2, 0) is 4.79 Å². The number of aryl methyl sites for hydroxylation is 1. The fraction of sp³-hybridized carbons (Fsp3) is 0.0833. The number of carbonyl (C=O) groups is 1. The van der Waals surface area contributed by atoms with Crippen LogP contribution in [0.1, 0.15) is 16.7 Å². The summed E-state index contributed by atoms with van der Waals surface area (Å²) in [6.07, 6.45) is 1.71. The lowest BCUT2D eigenvalue weighted by molar-refractivity contribution is -0.113. The number of rotatable bonds is 3. The van der Waals surface area contributed by atoms with E-state index in [4.69, 9.17) is 9.47 Å². The van der Waals surface area contributed by atoms with E-state index >= 15 is 0 Å². The zero-order valence-corrected chi connectivity index (χ0v) is 16.1. The van der Waals surface area contributed by atoms with Crippen LogP contribution >= 0.6 is 0 Å². The van der Waals surface area contributed by atoms with Crippen molar-refractivity contribution >= 4 is 23.5 Å². The first-order valence-electron chi connectivity index (χ1n) is 9.45. The van der Waals surface area contributed by atoms with E-state index in [9.17, 15) is 9.18 Å². The number of benzene rings is 3. The van der Waals surface area contributed by atoms with Gasteiger partial charge in [0.1, 0.15) is 17.3 Å². The van der Waals surface area contributed by atoms with E-state index in [1.807, 2.05) is 43.3 Å². The number of carbonyl (C=O) groups excluding carboxylic acids is 1. The first-order valence-corrected chi connectivity index (χ1v) is 9.45. The Morgan fingerprint density at radius 3 is 2.60 bits per heavy atom. The van der Waals surface area contributed by atoms with E-state index in [2.05, 4.69) is 4.99 Å². The third-order valence-electron chi connectivity index (χ3n) is 4.92. The molecule has 3 aromatic carbocycles. The molecule has 0 aromatic heterocycles. The normalized spacial score (nSPS) is 16.3. The molecule has 2 aliphatic rings. The van der Waals surface area contributed by atoms with Crippen molar-refractivity contribution in [2.75, 3.05) is 11.7 Å². The molecule has 148 valence electrons. The molecule has 2 aliphatic heterocycles. The third-order valence-corrected chi connectivity index (χ3v) is 4.92. The number of hydrogen-bond acceptors (Lipinski definition) is 4. The Morgan fingerprint density at radius 1 is 1.00 bits per heavy atom. The van der Waals surface area contributed by atoms with Gasteiger partial charge >= 0.3 is 0 Å². The number of nitrogens with zero attached hydrogens (tertiary/aromatic N) is 2. The predicted molar refractivity (Wildman–Crippen MR) is 112 cm³/mol. The molecule has 0 saturated carbocycles. The van der Waals surface area contributed by atoms with Gasteiger partial charge in [-0.05, 0) is 72.7 Å². The van der Waals surface area contributed by atoms with Gasteiger partial charge in [0.25, 0.3) is 5.91 Å². The zero-order chi connectivity index (χ0) is 20.7. The summed E-state index contributed by atoms with van der Waals surface area (Å²) < 4.78 is 24.2. The maximum Gasteiger partial charge on any atom is 0.282 e. The molecule has 0 atom stereocenters. The number of ether oxygens (including phenoxy) is 2. The molecule has 1 amide bonds. The second-order valence-corrected chi connectivity index (χ2v) is 7.06. The highest BCUT2D eigenvalue weighted by atomic mass is 19.1. The van der Waals surface area contributed by atoms with Crippen molar-refractivity contribution in [2.45, 2.75) is 6.92 Å². The maximum absolute atomic E-state index is 13.4. The van der Waals surface area contributed by atoms with Gasteiger partial charge in [-0.25, -0.2) is 9.38 Å². The monoisotopic (exact) mass is 400 g/mol. The standard InChI is InChI=1S/C24H17FN2O3/c1-15-3-2-4-19(11-15)27-23(17-6-8-18(25)9-7-17)26-20(24(27)28)12-16-5-10-21-22(13-16)30-14-29-21/h2-13H,14H2,1H3/b20-12+. The van der Waals surface area contributed by atoms with Gasteiger partial charge in [-0.3, -0.25) is 9.69 Å². The Morgan fingerprint density at radius 2 is 1.80 bits per heavy atom. The molecule has 0 spiro atoms. The SMILES string of the molecule is Cc1cccc(N2C(=O)/C(=C\c3ccc4c(c3)OCO4)N=C2c2ccc(F)cc2)c1. The van der Waals surface area contributed by atoms with Gasteiger partial charge in [-0.1, -0.05) is 18.2 Å². The lowest BCUT2D eigenvalue weighted by Gasteiger charge is -2.19. The van der Waals surface area contributed by atoms with Gasteiger partial charge in [0.15, 0.2) is 11.5 Å². The highest BCUT2D eigenvalue weighted by Crippen LogP contribution is 2.34. The van der Waals surface area contributed by atoms with E-state index in [1.165, 1.54) is 12.1 Å². The van der Waals surface area contributed by atoms with Crippen LogP contribution in [0, 0.1) is 12.7 Å². The number of hydrogen-bond donors (Lipinski definition) is 0. The molecule has 0 bridgehead atoms. The Balaban J connectivity index is 1.60. The van der Waals surface area contributed by atoms with Crippen LogP contribution in [0.2, 0.25) is 0 Å². The van der Waals surface area contributed by atoms with Crippen molar-refractivity contribution < 1.29 is 18.7 Å².